The van der Waals surface area contributed by atoms with Crippen LogP contribution >= 0.6 is 24.0 Å². The Labute approximate surface area is 178 Å². The van der Waals surface area contributed by atoms with Crippen LogP contribution in [-0.4, -0.2) is 68.1 Å². The highest BCUT2D eigenvalue weighted by atomic mass is 127. The van der Waals surface area contributed by atoms with Gasteiger partial charge in [0.1, 0.15) is 0 Å². The number of halogens is 1. The molecule has 1 atom stereocenters. The maximum Gasteiger partial charge on any atom is 0.242 e. The van der Waals surface area contributed by atoms with Crippen molar-refractivity contribution in [1.29, 1.82) is 0 Å². The molecule has 27 heavy (non-hydrogen) atoms. The summed E-state index contributed by atoms with van der Waals surface area (Å²) in [5, 5.41) is 3.28. The number of nitrogens with zero attached hydrogens (tertiary/aromatic N) is 3. The van der Waals surface area contributed by atoms with E-state index in [0.29, 0.717) is 13.1 Å². The van der Waals surface area contributed by atoms with E-state index in [-0.39, 0.29) is 35.3 Å². The van der Waals surface area contributed by atoms with Gasteiger partial charge < -0.3 is 19.9 Å². The normalized spacial score (nSPS) is 24.7. The fourth-order valence-corrected chi connectivity index (χ4v) is 4.39. The van der Waals surface area contributed by atoms with Crippen LogP contribution in [0.4, 0.5) is 0 Å². The molecule has 0 bridgehead atoms. The van der Waals surface area contributed by atoms with Gasteiger partial charge in [0.2, 0.25) is 5.91 Å². The van der Waals surface area contributed by atoms with Crippen LogP contribution in [0.15, 0.2) is 29.3 Å². The lowest BCUT2D eigenvalue weighted by Gasteiger charge is -2.30. The van der Waals surface area contributed by atoms with Crippen LogP contribution in [0.5, 0.6) is 0 Å². The molecule has 4 rings (SSSR count). The molecule has 2 fully saturated rings. The number of rotatable bonds is 2. The van der Waals surface area contributed by atoms with E-state index >= 15 is 0 Å². The van der Waals surface area contributed by atoms with E-state index in [2.05, 4.69) is 33.4 Å². The van der Waals surface area contributed by atoms with Crippen molar-refractivity contribution in [3.63, 3.8) is 0 Å². The number of hydrogen-bond acceptors (Lipinski definition) is 3. The molecular formula is C20H29IN4O2. The van der Waals surface area contributed by atoms with Gasteiger partial charge in [-0.2, -0.15) is 0 Å². The molecule has 0 aromatic heterocycles. The second kappa shape index (κ2) is 8.77. The number of amides is 1. The minimum absolute atomic E-state index is 0. The van der Waals surface area contributed by atoms with Crippen LogP contribution < -0.4 is 5.32 Å². The number of ether oxygens (including phenoxy) is 1. The summed E-state index contributed by atoms with van der Waals surface area (Å²) in [5.74, 6) is 0.971. The first kappa shape index (κ1) is 20.4. The van der Waals surface area contributed by atoms with Crippen LogP contribution in [-0.2, 0) is 22.5 Å². The minimum atomic E-state index is 0. The molecule has 3 aliphatic heterocycles. The van der Waals surface area contributed by atoms with Crippen LogP contribution in [0.3, 0.4) is 0 Å². The van der Waals surface area contributed by atoms with Gasteiger partial charge in [0, 0.05) is 45.2 Å². The Bertz CT molecular complexity index is 703. The Morgan fingerprint density at radius 1 is 1.22 bits per heavy atom. The molecule has 148 valence electrons. The SMILES string of the molecule is CN=C(NCC(=O)N1CCc2ccccc2C1)N1CCC2(CCOC2)C1.I. The number of fused-ring (bicyclic) bond motifs is 1. The zero-order valence-corrected chi connectivity index (χ0v) is 18.3. The highest BCUT2D eigenvalue weighted by Gasteiger charge is 2.42. The first-order valence-corrected chi connectivity index (χ1v) is 9.57. The fourth-order valence-electron chi connectivity index (χ4n) is 4.39. The van der Waals surface area contributed by atoms with E-state index in [0.717, 1.165) is 58.1 Å². The first-order valence-electron chi connectivity index (χ1n) is 9.57. The molecule has 1 N–H and O–H groups in total. The minimum Gasteiger partial charge on any atom is -0.381 e. The predicted octanol–water partition coefficient (Wildman–Crippen LogP) is 1.88. The Hall–Kier alpha value is -1.35. The van der Waals surface area contributed by atoms with Crippen molar-refractivity contribution in [1.82, 2.24) is 15.1 Å². The summed E-state index contributed by atoms with van der Waals surface area (Å²) in [6.45, 7) is 5.47. The Morgan fingerprint density at radius 2 is 2.04 bits per heavy atom. The smallest absolute Gasteiger partial charge is 0.242 e. The zero-order chi connectivity index (χ0) is 18.0. The average molecular weight is 484 g/mol. The third kappa shape index (κ3) is 4.39. The summed E-state index contributed by atoms with van der Waals surface area (Å²) >= 11 is 0. The van der Waals surface area contributed by atoms with Crippen molar-refractivity contribution in [3.8, 4) is 0 Å². The van der Waals surface area contributed by atoms with Crippen molar-refractivity contribution in [2.24, 2.45) is 10.4 Å². The molecule has 1 aromatic carbocycles. The van der Waals surface area contributed by atoms with Gasteiger partial charge in [0.05, 0.1) is 13.2 Å². The monoisotopic (exact) mass is 484 g/mol. The molecule has 3 aliphatic rings. The maximum atomic E-state index is 12.7. The van der Waals surface area contributed by atoms with Crippen LogP contribution in [0, 0.1) is 5.41 Å². The van der Waals surface area contributed by atoms with E-state index in [1.807, 2.05) is 11.0 Å². The lowest BCUT2D eigenvalue weighted by molar-refractivity contribution is -0.130. The second-order valence-electron chi connectivity index (χ2n) is 7.71. The topological polar surface area (TPSA) is 57.2 Å². The van der Waals surface area contributed by atoms with Gasteiger partial charge in [-0.3, -0.25) is 9.79 Å². The number of aliphatic imine (C=N–C) groups is 1. The van der Waals surface area contributed by atoms with Crippen LogP contribution in [0.25, 0.3) is 0 Å². The van der Waals surface area contributed by atoms with Crippen molar-refractivity contribution in [3.05, 3.63) is 35.4 Å². The summed E-state index contributed by atoms with van der Waals surface area (Å²) in [4.78, 5) is 21.3. The lowest BCUT2D eigenvalue weighted by atomic mass is 9.87. The molecule has 2 saturated heterocycles. The van der Waals surface area contributed by atoms with E-state index < -0.39 is 0 Å². The van der Waals surface area contributed by atoms with Gasteiger partial charge >= 0.3 is 0 Å². The van der Waals surface area contributed by atoms with E-state index in [4.69, 9.17) is 4.74 Å². The van der Waals surface area contributed by atoms with Crippen molar-refractivity contribution in [2.75, 3.05) is 46.4 Å². The summed E-state index contributed by atoms with van der Waals surface area (Å²) in [7, 11) is 1.79. The van der Waals surface area contributed by atoms with Crippen molar-refractivity contribution < 1.29 is 9.53 Å². The Balaban J connectivity index is 0.00000210. The van der Waals surface area contributed by atoms with Gasteiger partial charge in [-0.1, -0.05) is 24.3 Å². The molecule has 7 heteroatoms. The Kier molecular flexibility index (Phi) is 6.62. The van der Waals surface area contributed by atoms with E-state index in [9.17, 15) is 4.79 Å². The van der Waals surface area contributed by atoms with E-state index in [1.165, 1.54) is 11.1 Å². The summed E-state index contributed by atoms with van der Waals surface area (Å²) in [6.07, 6.45) is 3.21. The molecule has 0 saturated carbocycles. The van der Waals surface area contributed by atoms with Crippen LogP contribution in [0.2, 0.25) is 0 Å². The van der Waals surface area contributed by atoms with Gasteiger partial charge in [0.25, 0.3) is 0 Å². The van der Waals surface area contributed by atoms with Gasteiger partial charge in [-0.05, 0) is 30.4 Å². The predicted molar refractivity (Wildman–Crippen MR) is 116 cm³/mol. The lowest BCUT2D eigenvalue weighted by Crippen LogP contribution is -2.47. The molecule has 3 heterocycles. The number of hydrogen-bond donors (Lipinski definition) is 1. The highest BCUT2D eigenvalue weighted by molar-refractivity contribution is 14.0. The molecule has 6 nitrogen and oxygen atoms in total. The summed E-state index contributed by atoms with van der Waals surface area (Å²) in [5.41, 5.74) is 2.92. The number of nitrogens with one attached hydrogen (secondary N) is 1. The maximum absolute atomic E-state index is 12.7. The Morgan fingerprint density at radius 3 is 2.78 bits per heavy atom. The number of benzene rings is 1. The largest absolute Gasteiger partial charge is 0.381 e. The van der Waals surface area contributed by atoms with Gasteiger partial charge in [-0.25, -0.2) is 0 Å². The molecule has 1 unspecified atom stereocenters. The van der Waals surface area contributed by atoms with E-state index in [1.54, 1.807) is 7.05 Å². The van der Waals surface area contributed by atoms with Crippen molar-refractivity contribution >= 4 is 35.8 Å². The molecule has 1 spiro atoms. The fraction of sp³-hybridized carbons (Fsp3) is 0.600. The molecule has 1 aromatic rings. The summed E-state index contributed by atoms with van der Waals surface area (Å²) < 4.78 is 5.60. The van der Waals surface area contributed by atoms with Crippen LogP contribution in [0.1, 0.15) is 24.0 Å². The molecule has 0 radical (unpaired) electrons. The highest BCUT2D eigenvalue weighted by Crippen LogP contribution is 2.38. The zero-order valence-electron chi connectivity index (χ0n) is 15.9. The first-order chi connectivity index (χ1) is 12.7. The second-order valence-corrected chi connectivity index (χ2v) is 7.71. The third-order valence-electron chi connectivity index (χ3n) is 6.02. The third-order valence-corrected chi connectivity index (χ3v) is 6.02. The van der Waals surface area contributed by atoms with Gasteiger partial charge in [0.15, 0.2) is 5.96 Å². The summed E-state index contributed by atoms with van der Waals surface area (Å²) in [6, 6.07) is 8.39. The molecular weight excluding hydrogens is 455 g/mol. The average Bonchev–Trinajstić information content (AvgIpc) is 3.32. The number of guanidine groups is 1. The standard InChI is InChI=1S/C20H28N4O2.HI/c1-21-19(24-10-7-20(14-24)8-11-26-15-20)22-12-18(25)23-9-6-16-4-2-3-5-17(16)13-23;/h2-5H,6-15H2,1H3,(H,21,22);1H. The number of carbonyl (C=O) groups is 1. The number of carbonyl (C=O) groups excluding carboxylic acids is 1. The molecule has 1 amide bonds. The van der Waals surface area contributed by atoms with Gasteiger partial charge in [-0.15, -0.1) is 24.0 Å². The van der Waals surface area contributed by atoms with Crippen molar-refractivity contribution in [2.45, 2.75) is 25.8 Å². The molecule has 0 aliphatic carbocycles. The number of likely N-dealkylation sites (tertiary alicyclic amines) is 1. The quantitative estimate of drug-likeness (QED) is 0.396.